The molecule has 0 fully saturated rings. The summed E-state index contributed by atoms with van der Waals surface area (Å²) in [6, 6.07) is 12.8. The largest absolute Gasteiger partial charge is 0.489 e. The maximum atomic E-state index is 9.83. The van der Waals surface area contributed by atoms with Gasteiger partial charge in [0.25, 0.3) is 0 Å². The van der Waals surface area contributed by atoms with Crippen molar-refractivity contribution in [3.8, 4) is 5.75 Å². The van der Waals surface area contributed by atoms with Crippen molar-refractivity contribution in [2.24, 2.45) is 0 Å². The Hall–Kier alpha value is -1.80. The molecule has 2 aromatic rings. The molecule has 108 valence electrons. The van der Waals surface area contributed by atoms with E-state index >= 15 is 0 Å². The summed E-state index contributed by atoms with van der Waals surface area (Å²) in [5.74, 6) is 0.906. The molecule has 0 amide bonds. The summed E-state index contributed by atoms with van der Waals surface area (Å²) >= 11 is 0. The molecule has 1 N–H and O–H groups in total. The van der Waals surface area contributed by atoms with Crippen molar-refractivity contribution in [1.82, 2.24) is 0 Å². The van der Waals surface area contributed by atoms with E-state index in [1.807, 2.05) is 12.1 Å². The van der Waals surface area contributed by atoms with Crippen molar-refractivity contribution in [3.05, 3.63) is 64.2 Å². The van der Waals surface area contributed by atoms with Gasteiger partial charge in [0, 0.05) is 0 Å². The van der Waals surface area contributed by atoms with Crippen LogP contribution in [0.2, 0.25) is 0 Å². The summed E-state index contributed by atoms with van der Waals surface area (Å²) in [7, 11) is 0. The van der Waals surface area contributed by atoms with E-state index in [1.54, 1.807) is 0 Å². The molecule has 0 radical (unpaired) electrons. The van der Waals surface area contributed by atoms with Gasteiger partial charge < -0.3 is 9.84 Å². The molecule has 0 saturated heterocycles. The highest BCUT2D eigenvalue weighted by Crippen LogP contribution is 2.33. The van der Waals surface area contributed by atoms with Gasteiger partial charge >= 0.3 is 0 Å². The lowest BCUT2D eigenvalue weighted by Gasteiger charge is -2.10. The first kappa shape index (κ1) is 12.9. The Morgan fingerprint density at radius 3 is 2.81 bits per heavy atom. The highest BCUT2D eigenvalue weighted by atomic mass is 16.5. The number of aliphatic hydroxyl groups is 1. The van der Waals surface area contributed by atoms with Gasteiger partial charge in [-0.1, -0.05) is 24.3 Å². The Kier molecular flexibility index (Phi) is 3.19. The van der Waals surface area contributed by atoms with Crippen molar-refractivity contribution in [3.63, 3.8) is 0 Å². The molecule has 0 aromatic heterocycles. The topological polar surface area (TPSA) is 29.5 Å². The van der Waals surface area contributed by atoms with Gasteiger partial charge in [0.2, 0.25) is 0 Å². The third-order valence-electron chi connectivity index (χ3n) is 4.73. The molecule has 2 nitrogen and oxygen atoms in total. The Bertz CT molecular complexity index is 675. The third kappa shape index (κ3) is 2.44. The Morgan fingerprint density at radius 1 is 0.952 bits per heavy atom. The van der Waals surface area contributed by atoms with Gasteiger partial charge in [0.05, 0.1) is 6.10 Å². The van der Waals surface area contributed by atoms with E-state index in [-0.39, 0.29) is 6.10 Å². The van der Waals surface area contributed by atoms with E-state index in [9.17, 15) is 5.11 Å². The van der Waals surface area contributed by atoms with Crippen molar-refractivity contribution in [2.75, 3.05) is 0 Å². The minimum atomic E-state index is -0.286. The van der Waals surface area contributed by atoms with Gasteiger partial charge in [0.1, 0.15) is 12.4 Å². The molecule has 2 aliphatic rings. The lowest BCUT2D eigenvalue weighted by Crippen LogP contribution is -1.98. The lowest BCUT2D eigenvalue weighted by molar-refractivity contribution is 0.180. The van der Waals surface area contributed by atoms with Gasteiger partial charge in [-0.25, -0.2) is 0 Å². The second-order valence-corrected chi connectivity index (χ2v) is 6.16. The highest BCUT2D eigenvalue weighted by molar-refractivity contribution is 5.40. The van der Waals surface area contributed by atoms with Crippen LogP contribution in [0.1, 0.15) is 46.8 Å². The van der Waals surface area contributed by atoms with Crippen LogP contribution in [0.3, 0.4) is 0 Å². The zero-order chi connectivity index (χ0) is 14.2. The third-order valence-corrected chi connectivity index (χ3v) is 4.73. The van der Waals surface area contributed by atoms with Gasteiger partial charge in [-0.05, 0) is 72.1 Å². The molecular formula is C19H20O2. The van der Waals surface area contributed by atoms with Crippen LogP contribution in [0.5, 0.6) is 5.75 Å². The fraction of sp³-hybridized carbons (Fsp3) is 0.368. The molecule has 1 atom stereocenters. The summed E-state index contributed by atoms with van der Waals surface area (Å²) in [6.07, 6.45) is 5.22. The van der Waals surface area contributed by atoms with Gasteiger partial charge in [-0.3, -0.25) is 0 Å². The highest BCUT2D eigenvalue weighted by Gasteiger charge is 2.20. The average molecular weight is 280 g/mol. The number of aryl methyl sites for hydroxylation is 3. The minimum absolute atomic E-state index is 0.286. The van der Waals surface area contributed by atoms with Gasteiger partial charge in [0.15, 0.2) is 0 Å². The first-order valence-electron chi connectivity index (χ1n) is 7.84. The number of aliphatic hydroxyl groups excluding tert-OH is 1. The second-order valence-electron chi connectivity index (χ2n) is 6.16. The van der Waals surface area contributed by atoms with Crippen LogP contribution in [0, 0.1) is 0 Å². The number of rotatable bonds is 3. The zero-order valence-electron chi connectivity index (χ0n) is 12.1. The zero-order valence-corrected chi connectivity index (χ0v) is 12.1. The van der Waals surface area contributed by atoms with Crippen molar-refractivity contribution in [2.45, 2.75) is 44.8 Å². The number of benzene rings is 2. The van der Waals surface area contributed by atoms with Crippen molar-refractivity contribution >= 4 is 0 Å². The maximum Gasteiger partial charge on any atom is 0.120 e. The number of ether oxygens (including phenoxy) is 1. The summed E-state index contributed by atoms with van der Waals surface area (Å²) in [5, 5.41) is 9.83. The van der Waals surface area contributed by atoms with Crippen LogP contribution >= 0.6 is 0 Å². The van der Waals surface area contributed by atoms with Crippen LogP contribution in [0.15, 0.2) is 36.4 Å². The first-order chi connectivity index (χ1) is 10.3. The Morgan fingerprint density at radius 2 is 1.86 bits per heavy atom. The van der Waals surface area contributed by atoms with Gasteiger partial charge in [-0.2, -0.15) is 0 Å². The monoisotopic (exact) mass is 280 g/mol. The average Bonchev–Trinajstić information content (AvgIpc) is 3.11. The van der Waals surface area contributed by atoms with E-state index < -0.39 is 0 Å². The lowest BCUT2D eigenvalue weighted by atomic mass is 10.1. The van der Waals surface area contributed by atoms with Crippen molar-refractivity contribution < 1.29 is 9.84 Å². The maximum absolute atomic E-state index is 9.83. The second kappa shape index (κ2) is 5.19. The first-order valence-corrected chi connectivity index (χ1v) is 7.84. The molecule has 0 heterocycles. The SMILES string of the molecule is O[C@@H]1CCc2cc(OCc3ccc4c(c3)CCC4)ccc21. The molecule has 4 rings (SSSR count). The molecule has 0 bridgehead atoms. The summed E-state index contributed by atoms with van der Waals surface area (Å²) in [6.45, 7) is 0.620. The van der Waals surface area contributed by atoms with Crippen LogP contribution in [0.25, 0.3) is 0 Å². The molecule has 0 aliphatic heterocycles. The predicted octanol–water partition coefficient (Wildman–Crippen LogP) is 3.73. The summed E-state index contributed by atoms with van der Waals surface area (Å²) in [5.41, 5.74) is 6.54. The molecular weight excluding hydrogens is 260 g/mol. The fourth-order valence-corrected chi connectivity index (χ4v) is 3.54. The van der Waals surface area contributed by atoms with Crippen LogP contribution < -0.4 is 4.74 Å². The quantitative estimate of drug-likeness (QED) is 0.928. The number of hydrogen-bond acceptors (Lipinski definition) is 2. The molecule has 2 aromatic carbocycles. The Labute approximate surface area is 125 Å². The number of fused-ring (bicyclic) bond motifs is 2. The Balaban J connectivity index is 1.47. The summed E-state index contributed by atoms with van der Waals surface area (Å²) in [4.78, 5) is 0. The molecule has 0 spiro atoms. The van der Waals surface area contributed by atoms with E-state index in [2.05, 4.69) is 24.3 Å². The fourth-order valence-electron chi connectivity index (χ4n) is 3.54. The predicted molar refractivity (Wildman–Crippen MR) is 82.5 cm³/mol. The molecule has 2 heteroatoms. The summed E-state index contributed by atoms with van der Waals surface area (Å²) < 4.78 is 5.93. The molecule has 2 aliphatic carbocycles. The molecule has 21 heavy (non-hydrogen) atoms. The minimum Gasteiger partial charge on any atom is -0.489 e. The van der Waals surface area contributed by atoms with Crippen molar-refractivity contribution in [1.29, 1.82) is 0 Å². The van der Waals surface area contributed by atoms with E-state index in [0.29, 0.717) is 6.61 Å². The van der Waals surface area contributed by atoms with E-state index in [4.69, 9.17) is 4.74 Å². The van der Waals surface area contributed by atoms with Gasteiger partial charge in [-0.15, -0.1) is 0 Å². The standard InChI is InChI=1S/C19H20O2/c20-19-9-6-16-11-17(7-8-18(16)19)21-12-13-4-5-14-2-1-3-15(14)10-13/h4-5,7-8,10-11,19-20H,1-3,6,9,12H2/t19-/m1/s1. The smallest absolute Gasteiger partial charge is 0.120 e. The molecule has 0 saturated carbocycles. The van der Waals surface area contributed by atoms with Crippen LogP contribution in [-0.4, -0.2) is 5.11 Å². The van der Waals surface area contributed by atoms with Crippen LogP contribution in [0.4, 0.5) is 0 Å². The number of hydrogen-bond donors (Lipinski definition) is 1. The van der Waals surface area contributed by atoms with E-state index in [1.165, 1.54) is 41.5 Å². The normalized spacial score (nSPS) is 19.4. The van der Waals surface area contributed by atoms with Crippen LogP contribution in [-0.2, 0) is 25.9 Å². The van der Waals surface area contributed by atoms with E-state index in [0.717, 1.165) is 24.2 Å². The molecule has 0 unspecified atom stereocenters.